The van der Waals surface area contributed by atoms with Gasteiger partial charge in [0, 0.05) is 23.6 Å². The number of nitrogens with one attached hydrogen (secondary N) is 1. The number of anilines is 1. The number of ether oxygens (including phenoxy) is 1. The van der Waals surface area contributed by atoms with Gasteiger partial charge in [0.25, 0.3) is 5.91 Å². The minimum absolute atomic E-state index is 0.0427. The first-order valence-corrected chi connectivity index (χ1v) is 9.67. The highest BCUT2D eigenvalue weighted by Crippen LogP contribution is 2.32. The van der Waals surface area contributed by atoms with E-state index in [4.69, 9.17) is 9.15 Å². The van der Waals surface area contributed by atoms with E-state index in [9.17, 15) is 9.59 Å². The van der Waals surface area contributed by atoms with Crippen molar-refractivity contribution in [1.29, 1.82) is 0 Å². The Bertz CT molecular complexity index is 800. The van der Waals surface area contributed by atoms with E-state index in [1.54, 1.807) is 17.2 Å². The van der Waals surface area contributed by atoms with Crippen LogP contribution in [0.4, 0.5) is 5.69 Å². The highest BCUT2D eigenvalue weighted by atomic mass is 32.2. The van der Waals surface area contributed by atoms with Crippen LogP contribution in [0, 0.1) is 0 Å². The van der Waals surface area contributed by atoms with E-state index in [0.29, 0.717) is 30.1 Å². The summed E-state index contributed by atoms with van der Waals surface area (Å²) in [6, 6.07) is 9.14. The topological polar surface area (TPSA) is 71.8 Å². The van der Waals surface area contributed by atoms with Gasteiger partial charge in [-0.2, -0.15) is 0 Å². The van der Waals surface area contributed by atoms with Gasteiger partial charge in [0.1, 0.15) is 5.76 Å². The molecule has 1 N–H and O–H groups in total. The number of carbonyl (C=O) groups excluding carboxylic acids is 2. The normalized spacial score (nSPS) is 19.1. The van der Waals surface area contributed by atoms with Crippen LogP contribution in [0.1, 0.15) is 29.0 Å². The molecule has 0 unspecified atom stereocenters. The van der Waals surface area contributed by atoms with Crippen LogP contribution in [0.2, 0.25) is 0 Å². The summed E-state index contributed by atoms with van der Waals surface area (Å²) in [7, 11) is 0. The number of amides is 2. The maximum atomic E-state index is 13.1. The minimum atomic E-state index is -0.0930. The quantitative estimate of drug-likeness (QED) is 0.873. The van der Waals surface area contributed by atoms with Gasteiger partial charge >= 0.3 is 0 Å². The number of hydrogen-bond acceptors (Lipinski definition) is 5. The smallest absolute Gasteiger partial charge is 0.254 e. The Morgan fingerprint density at radius 2 is 2.27 bits per heavy atom. The van der Waals surface area contributed by atoms with Crippen LogP contribution in [0.5, 0.6) is 0 Å². The Balaban J connectivity index is 1.56. The first-order chi connectivity index (χ1) is 12.7. The van der Waals surface area contributed by atoms with Crippen molar-refractivity contribution in [3.05, 3.63) is 47.9 Å². The van der Waals surface area contributed by atoms with E-state index in [2.05, 4.69) is 5.32 Å². The molecule has 136 valence electrons. The van der Waals surface area contributed by atoms with Gasteiger partial charge < -0.3 is 19.4 Å². The van der Waals surface area contributed by atoms with Crippen LogP contribution in [0.25, 0.3) is 0 Å². The van der Waals surface area contributed by atoms with Crippen molar-refractivity contribution in [3.8, 4) is 0 Å². The third kappa shape index (κ3) is 3.78. The van der Waals surface area contributed by atoms with Gasteiger partial charge in [-0.3, -0.25) is 9.59 Å². The number of benzene rings is 1. The van der Waals surface area contributed by atoms with Crippen LogP contribution < -0.4 is 5.32 Å². The molecule has 6 nitrogen and oxygen atoms in total. The Labute approximate surface area is 155 Å². The van der Waals surface area contributed by atoms with Gasteiger partial charge in [-0.05, 0) is 43.2 Å². The third-order valence-electron chi connectivity index (χ3n) is 4.52. The largest absolute Gasteiger partial charge is 0.467 e. The summed E-state index contributed by atoms with van der Waals surface area (Å²) in [6.45, 7) is 1.66. The standard InChI is InChI=1S/C19H20N2O4S/c22-18-12-26-17-6-5-13(9-16(17)20-18)19(23)21(10-14-3-1-7-24-14)11-15-4-2-8-25-15/h1,3,5-7,9,15H,2,4,8,10-12H2,(H,20,22)/t15-/m0/s1. The van der Waals surface area contributed by atoms with Crippen molar-refractivity contribution in [2.45, 2.75) is 30.4 Å². The Morgan fingerprint density at radius 3 is 3.04 bits per heavy atom. The lowest BCUT2D eigenvalue weighted by Gasteiger charge is -2.25. The van der Waals surface area contributed by atoms with E-state index in [1.807, 2.05) is 24.3 Å². The molecule has 2 amide bonds. The number of furan rings is 1. The predicted molar refractivity (Wildman–Crippen MR) is 98.2 cm³/mol. The molecule has 1 aromatic carbocycles. The zero-order chi connectivity index (χ0) is 17.9. The van der Waals surface area contributed by atoms with Gasteiger partial charge in [-0.1, -0.05) is 0 Å². The Kier molecular flexibility index (Phi) is 4.99. The summed E-state index contributed by atoms with van der Waals surface area (Å²) in [5, 5.41) is 2.84. The lowest BCUT2D eigenvalue weighted by molar-refractivity contribution is -0.113. The number of hydrogen-bond donors (Lipinski definition) is 1. The summed E-state index contributed by atoms with van der Waals surface area (Å²) < 4.78 is 11.1. The monoisotopic (exact) mass is 372 g/mol. The molecule has 2 aromatic rings. The SMILES string of the molecule is O=C1CSc2ccc(C(=O)N(Cc3ccco3)C[C@@H]3CCCO3)cc2N1. The van der Waals surface area contributed by atoms with Crippen LogP contribution in [0.15, 0.2) is 45.9 Å². The van der Waals surface area contributed by atoms with E-state index in [1.165, 1.54) is 11.8 Å². The maximum Gasteiger partial charge on any atom is 0.254 e. The van der Waals surface area contributed by atoms with E-state index < -0.39 is 0 Å². The lowest BCUT2D eigenvalue weighted by Crippen LogP contribution is -2.37. The minimum Gasteiger partial charge on any atom is -0.467 e. The highest BCUT2D eigenvalue weighted by molar-refractivity contribution is 8.00. The molecule has 1 aromatic heterocycles. The Morgan fingerprint density at radius 1 is 1.35 bits per heavy atom. The van der Waals surface area contributed by atoms with Gasteiger partial charge in [0.2, 0.25) is 5.91 Å². The summed E-state index contributed by atoms with van der Waals surface area (Å²) in [5.74, 6) is 1.01. The predicted octanol–water partition coefficient (Wildman–Crippen LogP) is 3.15. The van der Waals surface area contributed by atoms with Crippen molar-refractivity contribution in [2.75, 3.05) is 24.2 Å². The molecule has 3 heterocycles. The first-order valence-electron chi connectivity index (χ1n) is 8.69. The molecule has 0 radical (unpaired) electrons. The molecule has 0 aliphatic carbocycles. The van der Waals surface area contributed by atoms with Crippen LogP contribution >= 0.6 is 11.8 Å². The Hall–Kier alpha value is -2.25. The summed E-state index contributed by atoms with van der Waals surface area (Å²) in [6.07, 6.45) is 3.64. The van der Waals surface area contributed by atoms with E-state index in [-0.39, 0.29) is 17.9 Å². The summed E-state index contributed by atoms with van der Waals surface area (Å²) in [4.78, 5) is 27.5. The first kappa shape index (κ1) is 17.2. The van der Waals surface area contributed by atoms with Crippen molar-refractivity contribution in [2.24, 2.45) is 0 Å². The molecular formula is C19H20N2O4S. The average molecular weight is 372 g/mol. The van der Waals surface area contributed by atoms with Crippen LogP contribution in [0.3, 0.4) is 0 Å². The molecule has 2 aliphatic heterocycles. The fourth-order valence-electron chi connectivity index (χ4n) is 3.24. The number of fused-ring (bicyclic) bond motifs is 1. The molecule has 0 spiro atoms. The van der Waals surface area contributed by atoms with Gasteiger partial charge in [0.05, 0.1) is 30.4 Å². The summed E-state index contributed by atoms with van der Waals surface area (Å²) in [5.41, 5.74) is 1.25. The molecule has 1 fully saturated rings. The van der Waals surface area contributed by atoms with E-state index >= 15 is 0 Å². The fraction of sp³-hybridized carbons (Fsp3) is 0.368. The number of nitrogens with zero attached hydrogens (tertiary/aromatic N) is 1. The third-order valence-corrected chi connectivity index (χ3v) is 5.59. The number of carbonyl (C=O) groups is 2. The zero-order valence-electron chi connectivity index (χ0n) is 14.3. The van der Waals surface area contributed by atoms with Crippen molar-refractivity contribution in [3.63, 3.8) is 0 Å². The maximum absolute atomic E-state index is 13.1. The van der Waals surface area contributed by atoms with Crippen molar-refractivity contribution >= 4 is 29.3 Å². The molecule has 2 aliphatic rings. The highest BCUT2D eigenvalue weighted by Gasteiger charge is 2.25. The van der Waals surface area contributed by atoms with Crippen LogP contribution in [-0.4, -0.2) is 41.7 Å². The van der Waals surface area contributed by atoms with Crippen molar-refractivity contribution < 1.29 is 18.7 Å². The molecule has 1 saturated heterocycles. The average Bonchev–Trinajstić information content (AvgIpc) is 3.34. The molecule has 0 saturated carbocycles. The molecule has 7 heteroatoms. The lowest BCUT2D eigenvalue weighted by atomic mass is 10.1. The van der Waals surface area contributed by atoms with Gasteiger partial charge in [-0.15, -0.1) is 11.8 Å². The fourth-order valence-corrected chi connectivity index (χ4v) is 4.03. The van der Waals surface area contributed by atoms with Crippen molar-refractivity contribution in [1.82, 2.24) is 4.90 Å². The second-order valence-electron chi connectivity index (χ2n) is 6.45. The number of thioether (sulfide) groups is 1. The van der Waals surface area contributed by atoms with E-state index in [0.717, 1.165) is 30.1 Å². The number of rotatable bonds is 5. The molecule has 4 rings (SSSR count). The molecular weight excluding hydrogens is 352 g/mol. The van der Waals surface area contributed by atoms with Crippen LogP contribution in [-0.2, 0) is 16.1 Å². The van der Waals surface area contributed by atoms with Gasteiger partial charge in [-0.25, -0.2) is 0 Å². The molecule has 26 heavy (non-hydrogen) atoms. The molecule has 0 bridgehead atoms. The second kappa shape index (κ2) is 7.55. The summed E-state index contributed by atoms with van der Waals surface area (Å²) >= 11 is 1.48. The molecule has 1 atom stereocenters. The van der Waals surface area contributed by atoms with Gasteiger partial charge in [0.15, 0.2) is 0 Å². The zero-order valence-corrected chi connectivity index (χ0v) is 15.1. The second-order valence-corrected chi connectivity index (χ2v) is 7.47.